The smallest absolute Gasteiger partial charge is 0.215 e. The third kappa shape index (κ3) is 5.20. The first-order valence-electron chi connectivity index (χ1n) is 10.6. The van der Waals surface area contributed by atoms with Crippen LogP contribution in [-0.4, -0.2) is 102 Å². The van der Waals surface area contributed by atoms with E-state index in [0.717, 1.165) is 0 Å². The molecule has 0 spiro atoms. The molecule has 2 fully saturated rings. The first kappa shape index (κ1) is 24.7. The Balaban J connectivity index is 1.69. The lowest BCUT2D eigenvalue weighted by atomic mass is 9.84. The van der Waals surface area contributed by atoms with Gasteiger partial charge in [-0.15, -0.1) is 0 Å². The largest absolute Gasteiger partial charge is 0.467 e. The molecule has 11 atom stereocenters. The summed E-state index contributed by atoms with van der Waals surface area (Å²) < 4.78 is 23.1. The fourth-order valence-electron chi connectivity index (χ4n) is 4.44. The van der Waals surface area contributed by atoms with Gasteiger partial charge in [0.25, 0.3) is 0 Å². The summed E-state index contributed by atoms with van der Waals surface area (Å²) in [4.78, 5) is 0. The van der Waals surface area contributed by atoms with Crippen molar-refractivity contribution in [1.82, 2.24) is 5.32 Å². The first-order chi connectivity index (χ1) is 14.6. The van der Waals surface area contributed by atoms with E-state index in [1.54, 1.807) is 20.0 Å². The minimum absolute atomic E-state index is 0.0727. The minimum Gasteiger partial charge on any atom is -0.467 e. The van der Waals surface area contributed by atoms with Crippen LogP contribution in [0.2, 0.25) is 0 Å². The van der Waals surface area contributed by atoms with Gasteiger partial charge in [0.05, 0.1) is 25.2 Å². The summed E-state index contributed by atoms with van der Waals surface area (Å²) in [6.45, 7) is 1.68. The van der Waals surface area contributed by atoms with Gasteiger partial charge in [-0.1, -0.05) is 0 Å². The van der Waals surface area contributed by atoms with Gasteiger partial charge in [-0.2, -0.15) is 0 Å². The van der Waals surface area contributed by atoms with Gasteiger partial charge < -0.3 is 62.5 Å². The summed E-state index contributed by atoms with van der Waals surface area (Å²) in [6, 6.07) is -2.37. The van der Waals surface area contributed by atoms with Crippen molar-refractivity contribution in [2.24, 2.45) is 22.9 Å². The maximum atomic E-state index is 11.0. The molecule has 0 aromatic carbocycles. The van der Waals surface area contributed by atoms with E-state index < -0.39 is 66.8 Å². The third-order valence-corrected chi connectivity index (χ3v) is 6.22. The Kier molecular flexibility index (Phi) is 7.92. The van der Waals surface area contributed by atoms with Crippen molar-refractivity contribution in [2.45, 2.75) is 86.5 Å². The van der Waals surface area contributed by atoms with E-state index in [4.69, 9.17) is 41.9 Å². The van der Waals surface area contributed by atoms with Crippen LogP contribution < -0.4 is 28.3 Å². The van der Waals surface area contributed by atoms with E-state index in [0.29, 0.717) is 18.6 Å². The van der Waals surface area contributed by atoms with Crippen molar-refractivity contribution in [1.29, 1.82) is 0 Å². The number of rotatable bonds is 6. The molecule has 0 radical (unpaired) electrons. The van der Waals surface area contributed by atoms with Gasteiger partial charge in [-0.3, -0.25) is 0 Å². The summed E-state index contributed by atoms with van der Waals surface area (Å²) in [6.07, 6.45) is -3.56. The standard InChI is InChI=1S/C19H37N5O7/c1-19(27)7-28-18(13(26)16(19)24-2)31-15-11(23)5-10(22)14(12(15)25)30-17-9(21)4-3-8(6-20)29-17/h3,9-18,24-27H,4-7,20-23H2,1-2H3/t9-,10+,11-,12+,13+,14-,15+,16+,17+,18+,19-/m0/s1. The number of nitrogens with one attached hydrogen (secondary N) is 1. The lowest BCUT2D eigenvalue weighted by molar-refractivity contribution is -0.303. The molecule has 2 heterocycles. The second kappa shape index (κ2) is 9.93. The van der Waals surface area contributed by atoms with E-state index in [9.17, 15) is 15.3 Å². The zero-order valence-electron chi connectivity index (χ0n) is 18.0. The van der Waals surface area contributed by atoms with Crippen LogP contribution in [0.1, 0.15) is 19.8 Å². The Morgan fingerprint density at radius 3 is 2.29 bits per heavy atom. The molecular weight excluding hydrogens is 410 g/mol. The predicted molar refractivity (Wildman–Crippen MR) is 110 cm³/mol. The molecule has 3 rings (SSSR count). The van der Waals surface area contributed by atoms with Gasteiger partial charge in [0.1, 0.15) is 35.8 Å². The van der Waals surface area contributed by atoms with Gasteiger partial charge in [-0.05, 0) is 32.9 Å². The van der Waals surface area contributed by atoms with Crippen molar-refractivity contribution < 1.29 is 34.3 Å². The fourth-order valence-corrected chi connectivity index (χ4v) is 4.44. The Labute approximate surface area is 181 Å². The summed E-state index contributed by atoms with van der Waals surface area (Å²) in [7, 11) is 1.62. The highest BCUT2D eigenvalue weighted by Gasteiger charge is 2.50. The number of aliphatic hydroxyl groups excluding tert-OH is 2. The second-order valence-corrected chi connectivity index (χ2v) is 8.81. The van der Waals surface area contributed by atoms with Gasteiger partial charge in [0.2, 0.25) is 6.29 Å². The summed E-state index contributed by atoms with van der Waals surface area (Å²) in [5.74, 6) is 0.555. The van der Waals surface area contributed by atoms with Crippen molar-refractivity contribution in [3.05, 3.63) is 11.8 Å². The Morgan fingerprint density at radius 2 is 1.71 bits per heavy atom. The number of hydrogen-bond acceptors (Lipinski definition) is 12. The molecule has 0 aromatic rings. The molecule has 12 nitrogen and oxygen atoms in total. The van der Waals surface area contributed by atoms with Crippen molar-refractivity contribution in [2.75, 3.05) is 20.2 Å². The molecule has 0 bridgehead atoms. The van der Waals surface area contributed by atoms with Crippen LogP contribution in [-0.2, 0) is 18.9 Å². The molecule has 1 aliphatic carbocycles. The molecule has 2 aliphatic heterocycles. The summed E-state index contributed by atoms with van der Waals surface area (Å²) >= 11 is 0. The molecule has 1 saturated heterocycles. The average Bonchev–Trinajstić information content (AvgIpc) is 2.71. The van der Waals surface area contributed by atoms with E-state index in [1.165, 1.54) is 0 Å². The van der Waals surface area contributed by atoms with Crippen LogP contribution in [0.25, 0.3) is 0 Å². The molecule has 0 amide bonds. The molecule has 0 aromatic heterocycles. The third-order valence-electron chi connectivity index (χ3n) is 6.22. The summed E-state index contributed by atoms with van der Waals surface area (Å²) in [5.41, 5.74) is 22.9. The molecule has 12 N–H and O–H groups in total. The molecule has 31 heavy (non-hydrogen) atoms. The Bertz CT molecular complexity index is 639. The fraction of sp³-hybridized carbons (Fsp3) is 0.895. The molecule has 180 valence electrons. The number of nitrogens with two attached hydrogens (primary N) is 4. The Hall–Kier alpha value is -0.900. The van der Waals surface area contributed by atoms with Gasteiger partial charge >= 0.3 is 0 Å². The van der Waals surface area contributed by atoms with Crippen LogP contribution >= 0.6 is 0 Å². The van der Waals surface area contributed by atoms with E-state index in [-0.39, 0.29) is 13.2 Å². The van der Waals surface area contributed by atoms with E-state index in [1.807, 2.05) is 0 Å². The van der Waals surface area contributed by atoms with E-state index >= 15 is 0 Å². The van der Waals surface area contributed by atoms with Gasteiger partial charge in [0.15, 0.2) is 6.29 Å². The Morgan fingerprint density at radius 1 is 1.10 bits per heavy atom. The highest BCUT2D eigenvalue weighted by molar-refractivity contribution is 5.04. The molecule has 1 saturated carbocycles. The SMILES string of the molecule is CN[C@@H]1[C@@H](O)[C@@H](O[C@H]2[C@H](O)[C@@H](O[C@H]3OC(CN)=CC[C@@H]3N)[C@H](N)C[C@@H]2N)OC[C@]1(C)O. The van der Waals surface area contributed by atoms with Gasteiger partial charge in [0, 0.05) is 12.1 Å². The monoisotopic (exact) mass is 447 g/mol. The normalized spacial score (nSPS) is 48.7. The highest BCUT2D eigenvalue weighted by atomic mass is 16.7. The van der Waals surface area contributed by atoms with Crippen LogP contribution in [0.5, 0.6) is 0 Å². The minimum atomic E-state index is -1.29. The highest BCUT2D eigenvalue weighted by Crippen LogP contribution is 2.31. The molecule has 12 heteroatoms. The van der Waals surface area contributed by atoms with Crippen LogP contribution in [0.3, 0.4) is 0 Å². The number of ether oxygens (including phenoxy) is 4. The average molecular weight is 448 g/mol. The lowest BCUT2D eigenvalue weighted by Gasteiger charge is -2.48. The van der Waals surface area contributed by atoms with Crippen molar-refractivity contribution >= 4 is 0 Å². The quantitative estimate of drug-likeness (QED) is 0.196. The molecular formula is C19H37N5O7. The zero-order chi connectivity index (χ0) is 22.9. The molecule has 0 unspecified atom stereocenters. The van der Waals surface area contributed by atoms with Crippen LogP contribution in [0.15, 0.2) is 11.8 Å². The second-order valence-electron chi connectivity index (χ2n) is 8.81. The van der Waals surface area contributed by atoms with Gasteiger partial charge in [-0.25, -0.2) is 0 Å². The van der Waals surface area contributed by atoms with Crippen molar-refractivity contribution in [3.8, 4) is 0 Å². The van der Waals surface area contributed by atoms with Crippen molar-refractivity contribution in [3.63, 3.8) is 0 Å². The van der Waals surface area contributed by atoms with Crippen LogP contribution in [0, 0.1) is 0 Å². The van der Waals surface area contributed by atoms with Crippen LogP contribution in [0.4, 0.5) is 0 Å². The topological polar surface area (TPSA) is 214 Å². The maximum absolute atomic E-state index is 11.0. The zero-order valence-corrected chi connectivity index (χ0v) is 18.0. The number of aliphatic hydroxyl groups is 3. The number of likely N-dealkylation sites (N-methyl/N-ethyl adjacent to an activating group) is 1. The molecule has 3 aliphatic rings. The number of hydrogen-bond donors (Lipinski definition) is 8. The summed E-state index contributed by atoms with van der Waals surface area (Å²) in [5, 5.41) is 34.9. The predicted octanol–water partition coefficient (Wildman–Crippen LogP) is -3.85. The lowest BCUT2D eigenvalue weighted by Crippen LogP contribution is -2.68. The van der Waals surface area contributed by atoms with E-state index in [2.05, 4.69) is 5.32 Å². The first-order valence-corrected chi connectivity index (χ1v) is 10.6. The maximum Gasteiger partial charge on any atom is 0.215 e.